The summed E-state index contributed by atoms with van der Waals surface area (Å²) in [6, 6.07) is 1.53. The number of fused-ring (bicyclic) bond motifs is 3. The average Bonchev–Trinajstić information content (AvgIpc) is 3.30. The predicted molar refractivity (Wildman–Crippen MR) is 95.1 cm³/mol. The second-order valence-corrected chi connectivity index (χ2v) is 8.20. The Morgan fingerprint density at radius 1 is 1.22 bits per heavy atom. The second-order valence-electron chi connectivity index (χ2n) is 8.20. The first-order valence-electron chi connectivity index (χ1n) is 9.72. The number of piperidine rings is 1. The van der Waals surface area contributed by atoms with Crippen molar-refractivity contribution in [2.24, 2.45) is 5.92 Å². The molecule has 27 heavy (non-hydrogen) atoms. The molecule has 4 aliphatic rings. The highest BCUT2D eigenvalue weighted by Gasteiger charge is 2.47. The molecule has 144 valence electrons. The van der Waals surface area contributed by atoms with Gasteiger partial charge in [0, 0.05) is 25.2 Å². The first kappa shape index (κ1) is 16.7. The van der Waals surface area contributed by atoms with Crippen molar-refractivity contribution >= 4 is 17.7 Å². The normalized spacial score (nSPS) is 32.0. The molecule has 0 radical (unpaired) electrons. The van der Waals surface area contributed by atoms with Crippen molar-refractivity contribution in [1.29, 1.82) is 0 Å². The van der Waals surface area contributed by atoms with Crippen molar-refractivity contribution in [2.75, 3.05) is 26.2 Å². The number of likely N-dealkylation sites (tertiary alicyclic amines) is 1. The van der Waals surface area contributed by atoms with E-state index in [1.165, 1.54) is 6.07 Å². The number of nitrogens with zero attached hydrogens (tertiary/aromatic N) is 4. The molecule has 3 fully saturated rings. The monoisotopic (exact) mass is 372 g/mol. The maximum Gasteiger partial charge on any atom is 0.272 e. The van der Waals surface area contributed by atoms with E-state index in [-0.39, 0.29) is 41.5 Å². The molecule has 3 amide bonds. The number of rotatable bonds is 3. The lowest BCUT2D eigenvalue weighted by molar-refractivity contribution is -0.140. The summed E-state index contributed by atoms with van der Waals surface area (Å²) in [4.78, 5) is 41.3. The van der Waals surface area contributed by atoms with Crippen LogP contribution in [-0.2, 0) is 11.3 Å². The van der Waals surface area contributed by atoms with E-state index in [0.29, 0.717) is 31.2 Å². The molecule has 0 aliphatic carbocycles. The first-order chi connectivity index (χ1) is 13.0. The van der Waals surface area contributed by atoms with Gasteiger partial charge in [0.25, 0.3) is 11.8 Å². The van der Waals surface area contributed by atoms with Gasteiger partial charge in [-0.25, -0.2) is 0 Å². The summed E-state index contributed by atoms with van der Waals surface area (Å²) >= 11 is 0. The number of carbonyl (C=O) groups excluding carboxylic acids is 3. The van der Waals surface area contributed by atoms with Crippen molar-refractivity contribution in [3.8, 4) is 0 Å². The van der Waals surface area contributed by atoms with Crippen molar-refractivity contribution < 1.29 is 14.4 Å². The Morgan fingerprint density at radius 2 is 1.96 bits per heavy atom. The van der Waals surface area contributed by atoms with Gasteiger partial charge in [0.1, 0.15) is 5.69 Å². The highest BCUT2D eigenvalue weighted by atomic mass is 16.2. The molecule has 9 nitrogen and oxygen atoms in total. The Hall–Kier alpha value is -2.42. The van der Waals surface area contributed by atoms with Gasteiger partial charge in [0.2, 0.25) is 5.91 Å². The van der Waals surface area contributed by atoms with Crippen LogP contribution in [0.1, 0.15) is 40.7 Å². The van der Waals surface area contributed by atoms with Crippen molar-refractivity contribution in [3.05, 3.63) is 17.5 Å². The molecule has 0 spiro atoms. The van der Waals surface area contributed by atoms with E-state index in [0.717, 1.165) is 25.9 Å². The molecule has 2 bridgehead atoms. The minimum Gasteiger partial charge on any atom is -0.346 e. The highest BCUT2D eigenvalue weighted by molar-refractivity contribution is 5.98. The predicted octanol–water partition coefficient (Wildman–Crippen LogP) is -0.950. The summed E-state index contributed by atoms with van der Waals surface area (Å²) in [5, 5.41) is 10.0. The van der Waals surface area contributed by atoms with Gasteiger partial charge < -0.3 is 15.5 Å². The molecule has 5 rings (SSSR count). The zero-order valence-electron chi connectivity index (χ0n) is 15.4. The average molecular weight is 372 g/mol. The fourth-order valence-corrected chi connectivity index (χ4v) is 4.82. The van der Waals surface area contributed by atoms with E-state index in [1.54, 1.807) is 4.68 Å². The Bertz CT molecular complexity index is 794. The number of carbonyl (C=O) groups is 3. The van der Waals surface area contributed by atoms with Crippen LogP contribution in [0, 0.1) is 5.92 Å². The van der Waals surface area contributed by atoms with E-state index >= 15 is 0 Å². The number of aromatic nitrogens is 2. The minimum absolute atomic E-state index is 0.00589. The van der Waals surface area contributed by atoms with Gasteiger partial charge in [0.15, 0.2) is 5.69 Å². The first-order valence-corrected chi connectivity index (χ1v) is 9.72. The van der Waals surface area contributed by atoms with Crippen molar-refractivity contribution in [3.63, 3.8) is 0 Å². The Kier molecular flexibility index (Phi) is 3.75. The van der Waals surface area contributed by atoms with Crippen LogP contribution in [-0.4, -0.2) is 81.6 Å². The van der Waals surface area contributed by atoms with Crippen LogP contribution in [0.5, 0.6) is 0 Å². The van der Waals surface area contributed by atoms with E-state index in [1.807, 2.05) is 11.8 Å². The maximum absolute atomic E-state index is 12.7. The molecule has 5 heterocycles. The Balaban J connectivity index is 1.17. The number of nitrogens with one attached hydrogen (secondary N) is 2. The Morgan fingerprint density at radius 3 is 2.63 bits per heavy atom. The standard InChI is InChI=1S/C18H24N6O3/c1-10-7-24-14(17(26)19-10)6-13(21-24)16(25)20-12-8-23(9-12)18(27)15-11-2-4-22(15)5-3-11/h6,10-12,15H,2-5,7-9H2,1H3,(H,19,26)(H,20,25). The molecule has 0 saturated carbocycles. The van der Waals surface area contributed by atoms with Gasteiger partial charge in [-0.05, 0) is 38.8 Å². The quantitative estimate of drug-likeness (QED) is 0.713. The molecule has 2 atom stereocenters. The molecule has 4 aliphatic heterocycles. The lowest BCUT2D eigenvalue weighted by Crippen LogP contribution is -2.63. The topological polar surface area (TPSA) is 99.6 Å². The fraction of sp³-hybridized carbons (Fsp3) is 0.667. The fourth-order valence-electron chi connectivity index (χ4n) is 4.82. The van der Waals surface area contributed by atoms with Crippen LogP contribution in [0.3, 0.4) is 0 Å². The molecule has 9 heteroatoms. The second kappa shape index (κ2) is 6.05. The van der Waals surface area contributed by atoms with Crippen LogP contribution >= 0.6 is 0 Å². The minimum atomic E-state index is -0.292. The Labute approximate surface area is 157 Å². The van der Waals surface area contributed by atoms with Crippen molar-refractivity contribution in [2.45, 2.75) is 44.4 Å². The molecule has 3 saturated heterocycles. The molecule has 1 aromatic heterocycles. The largest absolute Gasteiger partial charge is 0.346 e. The van der Waals surface area contributed by atoms with Gasteiger partial charge >= 0.3 is 0 Å². The molecule has 2 unspecified atom stereocenters. The summed E-state index contributed by atoms with van der Waals surface area (Å²) in [7, 11) is 0. The number of amides is 3. The SMILES string of the molecule is CC1Cn2nc(C(=O)NC3CN(C(=O)C4C5CCN4CC5)C3)cc2C(=O)N1. The van der Waals surface area contributed by atoms with Crippen molar-refractivity contribution in [1.82, 2.24) is 30.2 Å². The smallest absolute Gasteiger partial charge is 0.272 e. The lowest BCUT2D eigenvalue weighted by Gasteiger charge is -2.41. The van der Waals surface area contributed by atoms with Gasteiger partial charge in [-0.15, -0.1) is 0 Å². The van der Waals surface area contributed by atoms with E-state index in [9.17, 15) is 14.4 Å². The number of hydrogen-bond acceptors (Lipinski definition) is 5. The van der Waals surface area contributed by atoms with Crippen LogP contribution in [0.15, 0.2) is 6.07 Å². The van der Waals surface area contributed by atoms with Crippen LogP contribution in [0.25, 0.3) is 0 Å². The third kappa shape index (κ3) is 2.72. The summed E-state index contributed by atoms with van der Waals surface area (Å²) in [5.41, 5.74) is 0.661. The molecular weight excluding hydrogens is 348 g/mol. The molecule has 1 aromatic rings. The lowest BCUT2D eigenvalue weighted by atomic mass is 9.97. The van der Waals surface area contributed by atoms with E-state index in [4.69, 9.17) is 0 Å². The van der Waals surface area contributed by atoms with Crippen LogP contribution < -0.4 is 10.6 Å². The summed E-state index contributed by atoms with van der Waals surface area (Å²) in [6.45, 7) is 5.62. The highest BCUT2D eigenvalue weighted by Crippen LogP contribution is 2.35. The van der Waals surface area contributed by atoms with Gasteiger partial charge in [-0.3, -0.25) is 24.0 Å². The zero-order valence-corrected chi connectivity index (χ0v) is 15.4. The summed E-state index contributed by atoms with van der Waals surface area (Å²) in [5.74, 6) is 0.223. The molecule has 0 aromatic carbocycles. The summed E-state index contributed by atoms with van der Waals surface area (Å²) in [6.07, 6.45) is 2.25. The third-order valence-corrected chi connectivity index (χ3v) is 6.27. The zero-order chi connectivity index (χ0) is 18.7. The van der Waals surface area contributed by atoms with Gasteiger partial charge in [-0.1, -0.05) is 0 Å². The third-order valence-electron chi connectivity index (χ3n) is 6.27. The maximum atomic E-state index is 12.7. The molecule has 2 N–H and O–H groups in total. The number of hydrogen-bond donors (Lipinski definition) is 2. The van der Waals surface area contributed by atoms with E-state index in [2.05, 4.69) is 20.6 Å². The van der Waals surface area contributed by atoms with Crippen LogP contribution in [0.4, 0.5) is 0 Å². The summed E-state index contributed by atoms with van der Waals surface area (Å²) < 4.78 is 1.58. The van der Waals surface area contributed by atoms with Crippen LogP contribution in [0.2, 0.25) is 0 Å². The van der Waals surface area contributed by atoms with Gasteiger partial charge in [0.05, 0.1) is 18.6 Å². The molecular formula is C18H24N6O3. The van der Waals surface area contributed by atoms with Gasteiger partial charge in [-0.2, -0.15) is 5.10 Å². The van der Waals surface area contributed by atoms with E-state index < -0.39 is 0 Å².